The molecule has 1 aromatic heterocycles. The lowest BCUT2D eigenvalue weighted by molar-refractivity contribution is -0.0346. The van der Waals surface area contributed by atoms with Crippen LogP contribution in [0, 0.1) is 11.2 Å². The molecule has 3 heterocycles. The fourth-order valence-corrected chi connectivity index (χ4v) is 7.17. The fraction of sp³-hybridized carbons (Fsp3) is 0.500. The van der Waals surface area contributed by atoms with Crippen molar-refractivity contribution in [2.45, 2.75) is 98.2 Å². The number of hydrogen-bond donors (Lipinski definition) is 0. The van der Waals surface area contributed by atoms with E-state index in [1.54, 1.807) is 15.9 Å². The minimum atomic E-state index is -0.557. The summed E-state index contributed by atoms with van der Waals surface area (Å²) in [5, 5.41) is 8.43. The molecule has 1 saturated heterocycles. The Balaban J connectivity index is 1.11. The van der Waals surface area contributed by atoms with Gasteiger partial charge in [0.05, 0.1) is 12.1 Å². The van der Waals surface area contributed by atoms with E-state index in [1.165, 1.54) is 18.2 Å². The van der Waals surface area contributed by atoms with Crippen molar-refractivity contribution in [2.75, 3.05) is 18.0 Å². The van der Waals surface area contributed by atoms with Gasteiger partial charge in [-0.15, -0.1) is 10.2 Å². The normalized spacial score (nSPS) is 16.9. The van der Waals surface area contributed by atoms with Gasteiger partial charge < -0.3 is 24.0 Å². The predicted octanol–water partition coefficient (Wildman–Crippen LogP) is 7.62. The number of amides is 2. The van der Waals surface area contributed by atoms with Crippen molar-refractivity contribution in [1.82, 2.24) is 20.0 Å². The summed E-state index contributed by atoms with van der Waals surface area (Å²) in [5.41, 5.74) is 2.38. The van der Waals surface area contributed by atoms with Gasteiger partial charge >= 0.3 is 6.09 Å². The van der Waals surface area contributed by atoms with Crippen LogP contribution in [-0.2, 0) is 17.8 Å². The first-order chi connectivity index (χ1) is 22.6. The summed E-state index contributed by atoms with van der Waals surface area (Å²) < 4.78 is 32.7. The van der Waals surface area contributed by atoms with Crippen molar-refractivity contribution in [1.29, 1.82) is 0 Å². The first-order valence-corrected chi connectivity index (χ1v) is 16.8. The maximum absolute atomic E-state index is 14.4. The number of carbonyl (C=O) groups is 2. The van der Waals surface area contributed by atoms with E-state index in [2.05, 4.69) is 15.1 Å². The summed E-state index contributed by atoms with van der Waals surface area (Å²) in [4.78, 5) is 31.8. The zero-order valence-electron chi connectivity index (χ0n) is 28.5. The predicted molar refractivity (Wildman–Crippen MR) is 180 cm³/mol. The van der Waals surface area contributed by atoms with E-state index in [-0.39, 0.29) is 57.9 Å². The third-order valence-corrected chi connectivity index (χ3v) is 9.22. The van der Waals surface area contributed by atoms with Crippen LogP contribution in [0.3, 0.4) is 0 Å². The number of ether oxygens (including phenoxy) is 3. The van der Waals surface area contributed by atoms with E-state index in [1.807, 2.05) is 66.7 Å². The number of halogens is 2. The molecule has 256 valence electrons. The Bertz CT molecular complexity index is 1710. The second kappa shape index (κ2) is 12.7. The molecule has 3 aliphatic rings. The average Bonchev–Trinajstić information content (AvgIpc) is 3.40. The molecule has 2 fully saturated rings. The molecule has 1 aliphatic carbocycles. The average molecular weight is 680 g/mol. The van der Waals surface area contributed by atoms with Gasteiger partial charge in [-0.05, 0) is 91.1 Å². The van der Waals surface area contributed by atoms with Crippen LogP contribution < -0.4 is 14.4 Å². The van der Waals surface area contributed by atoms with Gasteiger partial charge in [-0.25, -0.2) is 9.18 Å². The highest BCUT2D eigenvalue weighted by atomic mass is 35.5. The molecule has 10 nitrogen and oxygen atoms in total. The second-order valence-corrected chi connectivity index (χ2v) is 15.1. The van der Waals surface area contributed by atoms with E-state index in [0.717, 1.165) is 42.8 Å². The molecule has 2 amide bonds. The van der Waals surface area contributed by atoms with Gasteiger partial charge in [0.1, 0.15) is 34.7 Å². The number of carbonyl (C=O) groups excluding carboxylic acids is 2. The Morgan fingerprint density at radius 2 is 1.71 bits per heavy atom. The third kappa shape index (κ3) is 6.88. The highest BCUT2D eigenvalue weighted by Gasteiger charge is 2.54. The Labute approximate surface area is 286 Å². The molecule has 0 atom stereocenters. The maximum Gasteiger partial charge on any atom is 0.410 e. The van der Waals surface area contributed by atoms with Crippen LogP contribution in [0.25, 0.3) is 0 Å². The van der Waals surface area contributed by atoms with E-state index in [9.17, 15) is 14.0 Å². The lowest BCUT2D eigenvalue weighted by Gasteiger charge is -2.59. The van der Waals surface area contributed by atoms with Crippen LogP contribution >= 0.6 is 11.6 Å². The maximum atomic E-state index is 14.4. The van der Waals surface area contributed by atoms with Gasteiger partial charge in [-0.2, -0.15) is 0 Å². The van der Waals surface area contributed by atoms with E-state index in [0.29, 0.717) is 18.8 Å². The van der Waals surface area contributed by atoms with Crippen LogP contribution in [0.15, 0.2) is 42.5 Å². The van der Waals surface area contributed by atoms with Gasteiger partial charge in [0.15, 0.2) is 5.15 Å². The van der Waals surface area contributed by atoms with Crippen molar-refractivity contribution in [3.63, 3.8) is 0 Å². The Kier molecular flexibility index (Phi) is 8.95. The molecule has 1 saturated carbocycles. The molecule has 6 rings (SSSR count). The molecule has 1 spiro atoms. The van der Waals surface area contributed by atoms with Crippen LogP contribution in [0.4, 0.5) is 14.9 Å². The first-order valence-electron chi connectivity index (χ1n) is 16.4. The zero-order chi connectivity index (χ0) is 34.5. The number of fused-ring (bicyclic) bond motifs is 1. The minimum Gasteiger partial charge on any atom is -0.490 e. The lowest BCUT2D eigenvalue weighted by Crippen LogP contribution is -2.65. The molecular weight excluding hydrogens is 637 g/mol. The summed E-state index contributed by atoms with van der Waals surface area (Å²) >= 11 is 6.28. The zero-order valence-corrected chi connectivity index (χ0v) is 29.3. The van der Waals surface area contributed by atoms with Crippen molar-refractivity contribution in [3.05, 3.63) is 70.1 Å². The molecule has 0 unspecified atom stereocenters. The summed E-state index contributed by atoms with van der Waals surface area (Å²) in [6.07, 6.45) is 1.48. The molecule has 0 N–H and O–H groups in total. The molecule has 12 heteroatoms. The molecule has 3 aromatic rings. The van der Waals surface area contributed by atoms with Crippen molar-refractivity contribution in [3.8, 4) is 17.4 Å². The first kappa shape index (κ1) is 33.8. The van der Waals surface area contributed by atoms with Gasteiger partial charge in [-0.3, -0.25) is 9.69 Å². The van der Waals surface area contributed by atoms with Gasteiger partial charge in [-0.1, -0.05) is 23.7 Å². The fourth-order valence-electron chi connectivity index (χ4n) is 7.03. The summed E-state index contributed by atoms with van der Waals surface area (Å²) in [7, 11) is 0. The number of benzene rings is 2. The van der Waals surface area contributed by atoms with E-state index >= 15 is 0 Å². The van der Waals surface area contributed by atoms with Gasteiger partial charge in [0, 0.05) is 48.8 Å². The summed E-state index contributed by atoms with van der Waals surface area (Å²) in [5.74, 6) is 0.333. The molecule has 2 aliphatic heterocycles. The molecule has 0 radical (unpaired) electrons. The van der Waals surface area contributed by atoms with Crippen LogP contribution in [0.1, 0.15) is 82.8 Å². The molecule has 0 bridgehead atoms. The van der Waals surface area contributed by atoms with Crippen molar-refractivity contribution >= 4 is 29.3 Å². The molecule has 2 aromatic carbocycles. The lowest BCUT2D eigenvalue weighted by atomic mass is 9.61. The Morgan fingerprint density at radius 3 is 2.38 bits per heavy atom. The van der Waals surface area contributed by atoms with Crippen LogP contribution in [-0.4, -0.2) is 68.9 Å². The SMILES string of the molecule is CC(C)N(C(=O)c1cc(F)ccc1Oc1nnc(Cl)cc1N1CC2(CC(Oc3cccc4c3CN(C(=O)OC(C)(C)C)C4)C2)C1)C(C)C. The number of aromatic nitrogens is 2. The second-order valence-electron chi connectivity index (χ2n) is 14.7. The highest BCUT2D eigenvalue weighted by molar-refractivity contribution is 6.29. The number of rotatable bonds is 8. The standard InChI is InChI=1S/C36H43ClFN5O5/c1-21(2)43(22(3)4)33(44)26-13-24(38)11-12-30(26)47-32-28(14-31(37)39-40-32)42-19-36(20-42)15-25(16-36)46-29-10-8-9-23-17-41(18-27(23)29)34(45)48-35(5,6)7/h8-14,21-22,25H,15-20H2,1-7H3. The van der Waals surface area contributed by atoms with Crippen LogP contribution in [0.2, 0.25) is 5.15 Å². The Hall–Kier alpha value is -4.12. The van der Waals surface area contributed by atoms with Gasteiger partial charge in [0.25, 0.3) is 11.8 Å². The quantitative estimate of drug-likeness (QED) is 0.240. The number of anilines is 1. The Morgan fingerprint density at radius 1 is 1.00 bits per heavy atom. The van der Waals surface area contributed by atoms with Crippen LogP contribution in [0.5, 0.6) is 17.4 Å². The molecule has 48 heavy (non-hydrogen) atoms. The largest absolute Gasteiger partial charge is 0.490 e. The van der Waals surface area contributed by atoms with Crippen molar-refractivity contribution in [2.24, 2.45) is 5.41 Å². The summed E-state index contributed by atoms with van der Waals surface area (Å²) in [6.45, 7) is 15.7. The molecular formula is C36H43ClFN5O5. The monoisotopic (exact) mass is 679 g/mol. The highest BCUT2D eigenvalue weighted by Crippen LogP contribution is 2.52. The van der Waals surface area contributed by atoms with E-state index < -0.39 is 11.4 Å². The third-order valence-electron chi connectivity index (χ3n) is 9.04. The number of hydrogen-bond acceptors (Lipinski definition) is 8. The minimum absolute atomic E-state index is 0.0572. The number of nitrogens with zero attached hydrogens (tertiary/aromatic N) is 5. The summed E-state index contributed by atoms with van der Waals surface area (Å²) in [6, 6.07) is 11.4. The van der Waals surface area contributed by atoms with Gasteiger partial charge in [0.2, 0.25) is 0 Å². The van der Waals surface area contributed by atoms with E-state index in [4.69, 9.17) is 25.8 Å². The topological polar surface area (TPSA) is 97.3 Å². The smallest absolute Gasteiger partial charge is 0.410 e. The van der Waals surface area contributed by atoms with Crippen molar-refractivity contribution < 1.29 is 28.2 Å².